The van der Waals surface area contributed by atoms with Crippen LogP contribution in [-0.4, -0.2) is 29.8 Å². The van der Waals surface area contributed by atoms with Gasteiger partial charge in [0.05, 0.1) is 7.11 Å². The molecule has 1 aromatic rings. The summed E-state index contributed by atoms with van der Waals surface area (Å²) in [5.74, 6) is -0.666. The van der Waals surface area contributed by atoms with E-state index < -0.39 is 17.7 Å². The molecule has 0 saturated carbocycles. The van der Waals surface area contributed by atoms with Crippen molar-refractivity contribution in [3.8, 4) is 0 Å². The number of esters is 1. The number of aromatic nitrogens is 1. The third-order valence-corrected chi connectivity index (χ3v) is 2.48. The lowest BCUT2D eigenvalue weighted by Crippen LogP contribution is -2.34. The molecule has 0 atom stereocenters. The van der Waals surface area contributed by atoms with Crippen LogP contribution >= 0.6 is 11.3 Å². The van der Waals surface area contributed by atoms with Gasteiger partial charge in [0.1, 0.15) is 16.3 Å². The molecule has 0 aromatic carbocycles. The number of alkyl carbamates (subject to hydrolysis) is 1. The van der Waals surface area contributed by atoms with Gasteiger partial charge in [0.2, 0.25) is 0 Å². The molecule has 0 radical (unpaired) electrons. The number of nitrogens with one attached hydrogen (secondary N) is 1. The first-order valence-corrected chi connectivity index (χ1v) is 6.39. The number of amides is 1. The van der Waals surface area contributed by atoms with Gasteiger partial charge in [-0.3, -0.25) is 5.32 Å². The molecule has 0 aliphatic heterocycles. The fraction of sp³-hybridized carbons (Fsp3) is 0.417. The molecular weight excluding hydrogens is 268 g/mol. The van der Waals surface area contributed by atoms with Crippen molar-refractivity contribution >= 4 is 29.5 Å². The molecule has 1 rings (SSSR count). The molecule has 7 heteroatoms. The van der Waals surface area contributed by atoms with E-state index in [1.807, 2.05) is 0 Å². The summed E-state index contributed by atoms with van der Waals surface area (Å²) in [5, 5.41) is 4.69. The lowest BCUT2D eigenvalue weighted by molar-refractivity contribution is -0.136. The first-order valence-electron chi connectivity index (χ1n) is 5.51. The number of methoxy groups -OCH3 is 1. The van der Waals surface area contributed by atoms with E-state index in [4.69, 9.17) is 4.74 Å². The molecule has 0 spiro atoms. The topological polar surface area (TPSA) is 77.5 Å². The molecule has 1 amide bonds. The maximum Gasteiger partial charge on any atom is 0.412 e. The van der Waals surface area contributed by atoms with Crippen molar-refractivity contribution in [1.82, 2.24) is 10.3 Å². The van der Waals surface area contributed by atoms with Crippen molar-refractivity contribution in [2.24, 2.45) is 0 Å². The van der Waals surface area contributed by atoms with Crippen LogP contribution in [-0.2, 0) is 14.3 Å². The second-order valence-electron chi connectivity index (χ2n) is 4.55. The number of ether oxygens (including phenoxy) is 2. The number of carbonyl (C=O) groups is 2. The largest absolute Gasteiger partial charge is 0.464 e. The monoisotopic (exact) mass is 284 g/mol. The Balaban J connectivity index is 2.82. The fourth-order valence-corrected chi connectivity index (χ4v) is 1.67. The number of nitrogens with zero attached hydrogens (tertiary/aromatic N) is 1. The minimum absolute atomic E-state index is 0.0216. The van der Waals surface area contributed by atoms with Gasteiger partial charge in [-0.1, -0.05) is 0 Å². The molecular formula is C12H16N2O4S. The Kier molecular flexibility index (Phi) is 5.05. The van der Waals surface area contributed by atoms with Crippen LogP contribution in [0.5, 0.6) is 0 Å². The van der Waals surface area contributed by atoms with E-state index in [2.05, 4.69) is 15.0 Å². The average molecular weight is 284 g/mol. The molecule has 6 nitrogen and oxygen atoms in total. The first-order chi connectivity index (χ1) is 8.81. The fourth-order valence-electron chi connectivity index (χ4n) is 1.10. The highest BCUT2D eigenvalue weighted by molar-refractivity contribution is 7.10. The number of hydrogen-bond acceptors (Lipinski definition) is 6. The van der Waals surface area contributed by atoms with E-state index in [0.29, 0.717) is 5.01 Å². The van der Waals surface area contributed by atoms with Crippen LogP contribution < -0.4 is 5.32 Å². The predicted molar refractivity (Wildman–Crippen MR) is 71.5 cm³/mol. The Morgan fingerprint density at radius 2 is 2.11 bits per heavy atom. The summed E-state index contributed by atoms with van der Waals surface area (Å²) in [4.78, 5) is 27.2. The minimum atomic E-state index is -0.722. The van der Waals surface area contributed by atoms with E-state index in [-0.39, 0.29) is 5.70 Å². The lowest BCUT2D eigenvalue weighted by atomic mass is 10.2. The third kappa shape index (κ3) is 5.52. The zero-order chi connectivity index (χ0) is 14.5. The van der Waals surface area contributed by atoms with Gasteiger partial charge >= 0.3 is 12.1 Å². The highest BCUT2D eigenvalue weighted by atomic mass is 32.1. The third-order valence-electron chi connectivity index (χ3n) is 1.76. The number of thiazole rings is 1. The number of hydrogen-bond donors (Lipinski definition) is 1. The van der Waals surface area contributed by atoms with Crippen LogP contribution in [0.3, 0.4) is 0 Å². The SMILES string of the molecule is COC(=O)/C(=C\c1nccs1)NC(=O)OC(C)(C)C. The van der Waals surface area contributed by atoms with Crippen molar-refractivity contribution in [3.05, 3.63) is 22.3 Å². The molecule has 0 aliphatic rings. The van der Waals surface area contributed by atoms with Crippen LogP contribution in [0.4, 0.5) is 4.79 Å². The smallest absolute Gasteiger partial charge is 0.412 e. The second kappa shape index (κ2) is 6.33. The molecule has 1 heterocycles. The average Bonchev–Trinajstić information content (AvgIpc) is 2.77. The van der Waals surface area contributed by atoms with Crippen LogP contribution in [0.1, 0.15) is 25.8 Å². The number of carbonyl (C=O) groups excluding carboxylic acids is 2. The molecule has 1 aromatic heterocycles. The predicted octanol–water partition coefficient (Wildman–Crippen LogP) is 2.18. The zero-order valence-corrected chi connectivity index (χ0v) is 12.0. The van der Waals surface area contributed by atoms with E-state index in [1.165, 1.54) is 24.5 Å². The summed E-state index contributed by atoms with van der Waals surface area (Å²) >= 11 is 1.33. The molecule has 1 N–H and O–H groups in total. The van der Waals surface area contributed by atoms with E-state index in [0.717, 1.165) is 0 Å². The van der Waals surface area contributed by atoms with E-state index in [1.54, 1.807) is 32.3 Å². The van der Waals surface area contributed by atoms with Crippen molar-refractivity contribution in [1.29, 1.82) is 0 Å². The Bertz CT molecular complexity index is 474. The normalized spacial score (nSPS) is 11.9. The summed E-state index contributed by atoms with van der Waals surface area (Å²) in [5.41, 5.74) is -0.668. The maximum atomic E-state index is 11.6. The second-order valence-corrected chi connectivity index (χ2v) is 5.47. The molecule has 0 unspecified atom stereocenters. The Labute approximate surface area is 115 Å². The van der Waals surface area contributed by atoms with Gasteiger partial charge in [0.15, 0.2) is 0 Å². The van der Waals surface area contributed by atoms with Crippen molar-refractivity contribution in [2.75, 3.05) is 7.11 Å². The maximum absolute atomic E-state index is 11.6. The molecule has 0 fully saturated rings. The van der Waals surface area contributed by atoms with Gasteiger partial charge in [-0.2, -0.15) is 0 Å². The first kappa shape index (κ1) is 15.2. The Hall–Kier alpha value is -1.89. The highest BCUT2D eigenvalue weighted by Crippen LogP contribution is 2.11. The summed E-state index contributed by atoms with van der Waals surface area (Å²) < 4.78 is 9.66. The van der Waals surface area contributed by atoms with Crippen molar-refractivity contribution < 1.29 is 19.1 Å². The molecule has 19 heavy (non-hydrogen) atoms. The molecule has 104 valence electrons. The highest BCUT2D eigenvalue weighted by Gasteiger charge is 2.20. The zero-order valence-electron chi connectivity index (χ0n) is 11.2. The van der Waals surface area contributed by atoms with Crippen LogP contribution in [0.15, 0.2) is 17.3 Å². The minimum Gasteiger partial charge on any atom is -0.464 e. The van der Waals surface area contributed by atoms with Crippen LogP contribution in [0.2, 0.25) is 0 Å². The van der Waals surface area contributed by atoms with Gasteiger partial charge in [-0.15, -0.1) is 11.3 Å². The van der Waals surface area contributed by atoms with Crippen LogP contribution in [0.25, 0.3) is 6.08 Å². The van der Waals surface area contributed by atoms with Crippen molar-refractivity contribution in [2.45, 2.75) is 26.4 Å². The standard InChI is InChI=1S/C12H16N2O4S/c1-12(2,3)18-11(16)14-8(10(15)17-4)7-9-13-5-6-19-9/h5-7H,1-4H3,(H,14,16)/b8-7+. The van der Waals surface area contributed by atoms with Gasteiger partial charge in [-0.25, -0.2) is 14.6 Å². The van der Waals surface area contributed by atoms with Crippen LogP contribution in [0, 0.1) is 0 Å². The quantitative estimate of drug-likeness (QED) is 0.680. The summed E-state index contributed by atoms with van der Waals surface area (Å²) in [6.45, 7) is 5.19. The molecule has 0 aliphatic carbocycles. The van der Waals surface area contributed by atoms with E-state index in [9.17, 15) is 9.59 Å². The molecule has 0 bridgehead atoms. The van der Waals surface area contributed by atoms with Gasteiger partial charge < -0.3 is 9.47 Å². The van der Waals surface area contributed by atoms with E-state index >= 15 is 0 Å². The molecule has 0 saturated heterocycles. The summed E-state index contributed by atoms with van der Waals surface area (Å²) in [7, 11) is 1.23. The Morgan fingerprint density at radius 3 is 2.58 bits per heavy atom. The van der Waals surface area contributed by atoms with Gasteiger partial charge in [0.25, 0.3) is 0 Å². The Morgan fingerprint density at radius 1 is 1.42 bits per heavy atom. The summed E-state index contributed by atoms with van der Waals surface area (Å²) in [6.07, 6.45) is 2.31. The van der Waals surface area contributed by atoms with Gasteiger partial charge in [-0.05, 0) is 20.8 Å². The van der Waals surface area contributed by atoms with Crippen molar-refractivity contribution in [3.63, 3.8) is 0 Å². The van der Waals surface area contributed by atoms with Gasteiger partial charge in [0, 0.05) is 17.7 Å². The number of rotatable bonds is 3. The lowest BCUT2D eigenvalue weighted by Gasteiger charge is -2.19. The summed E-state index contributed by atoms with van der Waals surface area (Å²) in [6, 6.07) is 0.